The van der Waals surface area contributed by atoms with Crippen molar-refractivity contribution in [3.05, 3.63) is 6.58 Å². The van der Waals surface area contributed by atoms with E-state index in [0.29, 0.717) is 0 Å². The Hall–Kier alpha value is 0.0344. The van der Waals surface area contributed by atoms with Crippen LogP contribution < -0.4 is 0 Å². The van der Waals surface area contributed by atoms with Gasteiger partial charge in [0.05, 0.1) is 0 Å². The van der Waals surface area contributed by atoms with E-state index in [4.69, 9.17) is 0 Å². The molecule has 2 heteroatoms. The normalized spacial score (nSPS) is 3.00. The fraction of sp³-hybridized carbons (Fsp3) is 0. The molecule has 0 heterocycles. The van der Waals surface area contributed by atoms with Gasteiger partial charge in [-0.1, -0.05) is 0 Å². The van der Waals surface area contributed by atoms with Crippen LogP contribution in [0.2, 0.25) is 0 Å². The second-order valence-electron chi connectivity index (χ2n) is 0.249. The summed E-state index contributed by atoms with van der Waals surface area (Å²) in [6.07, 6.45) is 0. The van der Waals surface area contributed by atoms with Crippen LogP contribution in [0.4, 0.5) is 0 Å². The van der Waals surface area contributed by atoms with Crippen molar-refractivity contribution in [2.45, 2.75) is 0 Å². The first-order valence-corrected chi connectivity index (χ1v) is 2.03. The van der Waals surface area contributed by atoms with E-state index in [1.165, 1.54) is 0 Å². The zero-order valence-electron chi connectivity index (χ0n) is 2.06. The molecule has 0 spiro atoms. The predicted octanol–water partition coefficient (Wildman–Crippen LogP) is 0.00150. The summed E-state index contributed by atoms with van der Waals surface area (Å²) in [6.45, 7) is 3.08. The van der Waals surface area contributed by atoms with Crippen LogP contribution in [0.25, 0.3) is 0 Å². The zero-order valence-corrected chi connectivity index (χ0v) is 3.46. The molecule has 0 unspecified atom stereocenters. The molecule has 0 aliphatic heterocycles. The molecule has 0 aromatic carbocycles. The van der Waals surface area contributed by atoms with Crippen molar-refractivity contribution < 1.29 is 19.5 Å². The summed E-state index contributed by atoms with van der Waals surface area (Å²) in [5.41, 5.74) is 0. The fourth-order valence-corrected chi connectivity index (χ4v) is 0. The van der Waals surface area contributed by atoms with Gasteiger partial charge in [0, 0.05) is 0 Å². The summed E-state index contributed by atoms with van der Waals surface area (Å²) < 4.78 is 11.4. The molecule has 0 saturated carbocycles. The maximum absolute atomic E-state index is 9.22. The Kier molecular flexibility index (Phi) is 3.06. The Bertz CT molecular complexity index is 56.1. The molecule has 0 N–H and O–H groups in total. The molecule has 0 bridgehead atoms. The van der Waals surface area contributed by atoms with Crippen LogP contribution in [0.3, 0.4) is 0 Å². The van der Waals surface area contributed by atoms with Gasteiger partial charge in [0.25, 0.3) is 0 Å². The third kappa shape index (κ3) is 2.03. The van der Waals surface area contributed by atoms with E-state index in [0.717, 1.165) is 0 Å². The Morgan fingerprint density at radius 1 is 2.00 bits per heavy atom. The fourth-order valence-electron chi connectivity index (χ4n) is 0. The van der Waals surface area contributed by atoms with E-state index in [1.807, 2.05) is 0 Å². The van der Waals surface area contributed by atoms with Gasteiger partial charge in [-0.3, -0.25) is 0 Å². The van der Waals surface area contributed by atoms with Crippen molar-refractivity contribution in [2.75, 3.05) is 0 Å². The van der Waals surface area contributed by atoms with Crippen LogP contribution in [0.15, 0.2) is 6.58 Å². The maximum atomic E-state index is 9.22. The van der Waals surface area contributed by atoms with E-state index in [-0.39, 0.29) is 0 Å². The van der Waals surface area contributed by atoms with Gasteiger partial charge in [-0.25, -0.2) is 0 Å². The third-order valence-corrected chi connectivity index (χ3v) is 0.266. The molecule has 0 amide bonds. The average molecular weight is 93.0 g/mol. The summed E-state index contributed by atoms with van der Waals surface area (Å²) >= 11 is -0.896. The van der Waals surface area contributed by atoms with Crippen LogP contribution in [0, 0.1) is 0 Å². The van der Waals surface area contributed by atoms with Crippen LogP contribution in [0.5, 0.6) is 0 Å². The topological polar surface area (TPSA) is 17.1 Å². The first-order valence-electron chi connectivity index (χ1n) is 0.760. The van der Waals surface area contributed by atoms with Crippen molar-refractivity contribution >= 4 is 4.38 Å². The molecule has 0 aromatic heterocycles. The van der Waals surface area contributed by atoms with Crippen LogP contribution in [0.1, 0.15) is 0 Å². The Morgan fingerprint density at radius 2 is 2.25 bits per heavy atom. The average Bonchev–Trinajstić information content (AvgIpc) is 1.37. The van der Waals surface area contributed by atoms with Crippen molar-refractivity contribution in [3.8, 4) is 0 Å². The second kappa shape index (κ2) is 3.03. The Labute approximate surface area is 31.1 Å². The van der Waals surface area contributed by atoms with E-state index >= 15 is 0 Å². The molecule has 0 aliphatic carbocycles. The quantitative estimate of drug-likeness (QED) is 0.412. The van der Waals surface area contributed by atoms with E-state index in [1.54, 1.807) is 0 Å². The van der Waals surface area contributed by atoms with Gasteiger partial charge in [0.1, 0.15) is 0 Å². The summed E-state index contributed by atoms with van der Waals surface area (Å²) in [5, 5.41) is 0. The molecule has 0 fully saturated rings. The van der Waals surface area contributed by atoms with Gasteiger partial charge in [-0.2, -0.15) is 0 Å². The van der Waals surface area contributed by atoms with Crippen LogP contribution in [-0.4, -0.2) is 4.38 Å². The second-order valence-corrected chi connectivity index (χ2v) is 1.03. The summed E-state index contributed by atoms with van der Waals surface area (Å²) in [6, 6.07) is 0. The molecule has 21 valence electrons. The van der Waals surface area contributed by atoms with Gasteiger partial charge < -0.3 is 0 Å². The van der Waals surface area contributed by atoms with Crippen molar-refractivity contribution in [1.82, 2.24) is 0 Å². The summed E-state index contributed by atoms with van der Waals surface area (Å²) in [5.74, 6) is 0. The van der Waals surface area contributed by atoms with Crippen LogP contribution >= 0.6 is 0 Å². The van der Waals surface area contributed by atoms with E-state index in [9.17, 15) is 3.67 Å². The van der Waals surface area contributed by atoms with Gasteiger partial charge in [0.15, 0.2) is 0 Å². The first-order chi connectivity index (χ1) is 1.91. The molecule has 0 saturated heterocycles. The van der Waals surface area contributed by atoms with Crippen LogP contribution in [-0.2, 0) is 19.5 Å². The van der Waals surface area contributed by atoms with Gasteiger partial charge in [0.2, 0.25) is 0 Å². The monoisotopic (exact) mass is 93.0 g/mol. The summed E-state index contributed by atoms with van der Waals surface area (Å²) in [4.78, 5) is 0. The van der Waals surface area contributed by atoms with Gasteiger partial charge >= 0.3 is 30.4 Å². The summed E-state index contributed by atoms with van der Waals surface area (Å²) in [7, 11) is 0. The van der Waals surface area contributed by atoms with Gasteiger partial charge in [-0.05, 0) is 0 Å². The number of rotatable bonds is 0. The van der Waals surface area contributed by atoms with Crippen molar-refractivity contribution in [3.63, 3.8) is 0 Å². The number of hydrogen-bond donors (Lipinski definition) is 0. The third-order valence-electron chi connectivity index (χ3n) is 0.0645. The molecule has 4 heavy (non-hydrogen) atoms. The molecule has 0 radical (unpaired) electrons. The molecular weight excluding hydrogens is 91.0 g/mol. The van der Waals surface area contributed by atoms with Crippen molar-refractivity contribution in [1.29, 1.82) is 0 Å². The minimum absolute atomic E-state index is 0.896. The van der Waals surface area contributed by atoms with E-state index < -0.39 is 15.8 Å². The molecule has 0 rings (SSSR count). The zero-order chi connectivity index (χ0) is 3.41. The van der Waals surface area contributed by atoms with E-state index in [2.05, 4.69) is 11.0 Å². The molecule has 0 aliphatic rings. The SMILES string of the molecule is C=[C]=[V]=[O]. The molecule has 0 aromatic rings. The Morgan fingerprint density at radius 3 is 2.25 bits per heavy atom. The predicted molar refractivity (Wildman–Crippen MR) is 11.3 cm³/mol. The van der Waals surface area contributed by atoms with Crippen molar-refractivity contribution in [2.24, 2.45) is 0 Å². The van der Waals surface area contributed by atoms with Gasteiger partial charge in [-0.15, -0.1) is 0 Å². The first kappa shape index (κ1) is 4.03. The minimum atomic E-state index is -0.896. The molecule has 0 atom stereocenters. The standard InChI is InChI=1S/C2H2.O.V/c1-2;;/h1H2;;. The molecular formula is C2H2OV. The molecule has 1 nitrogen and oxygen atoms in total. The Balaban J connectivity index is 3.95. The number of hydrogen-bond acceptors (Lipinski definition) is 1.